The number of rotatable bonds is 8. The fourth-order valence-electron chi connectivity index (χ4n) is 4.02. The van der Waals surface area contributed by atoms with Gasteiger partial charge in [-0.05, 0) is 35.4 Å². The van der Waals surface area contributed by atoms with E-state index in [0.29, 0.717) is 34.9 Å². The maximum atomic E-state index is 12.8. The number of nitro benzene ring substituents is 1. The van der Waals surface area contributed by atoms with Crippen molar-refractivity contribution in [3.8, 4) is 11.5 Å². The molecule has 1 fully saturated rings. The Morgan fingerprint density at radius 3 is 2.68 bits per heavy atom. The number of non-ortho nitro benzene ring substituents is 1. The van der Waals surface area contributed by atoms with E-state index in [-0.39, 0.29) is 30.5 Å². The van der Waals surface area contributed by atoms with Gasteiger partial charge in [0.05, 0.1) is 12.0 Å². The summed E-state index contributed by atoms with van der Waals surface area (Å²) < 4.78 is 11.4. The van der Waals surface area contributed by atoms with Crippen molar-refractivity contribution in [3.63, 3.8) is 0 Å². The van der Waals surface area contributed by atoms with Crippen LogP contribution >= 0.6 is 0 Å². The average Bonchev–Trinajstić information content (AvgIpc) is 3.24. The summed E-state index contributed by atoms with van der Waals surface area (Å²) in [5.41, 5.74) is 7.78. The molecule has 174 valence electrons. The zero-order valence-electron chi connectivity index (χ0n) is 18.5. The van der Waals surface area contributed by atoms with E-state index in [9.17, 15) is 19.7 Å². The smallest absolute Gasteiger partial charge is 0.269 e. The number of ether oxygens (including phenoxy) is 2. The number of benzene rings is 3. The molecular formula is C25H23N3O6. The van der Waals surface area contributed by atoms with E-state index >= 15 is 0 Å². The van der Waals surface area contributed by atoms with E-state index in [4.69, 9.17) is 15.2 Å². The van der Waals surface area contributed by atoms with Crippen molar-refractivity contribution in [1.29, 1.82) is 0 Å². The maximum absolute atomic E-state index is 12.8. The van der Waals surface area contributed by atoms with Crippen LogP contribution in [0.25, 0.3) is 0 Å². The SMILES string of the molecule is COc1ccc(C2CC(=O)N(c3cccc(C(N)=O)c3)C2)c(OCc2cccc([N+](=O)[O-])c2)c1. The molecule has 4 rings (SSSR count). The van der Waals surface area contributed by atoms with Gasteiger partial charge in [-0.25, -0.2) is 0 Å². The fraction of sp³-hybridized carbons (Fsp3) is 0.200. The van der Waals surface area contributed by atoms with Gasteiger partial charge in [-0.1, -0.05) is 24.3 Å². The molecule has 0 aromatic heterocycles. The third-order valence-electron chi connectivity index (χ3n) is 5.74. The summed E-state index contributed by atoms with van der Waals surface area (Å²) in [5.74, 6) is 0.337. The summed E-state index contributed by atoms with van der Waals surface area (Å²) in [6.45, 7) is 0.521. The number of hydrogen-bond acceptors (Lipinski definition) is 6. The number of primary amides is 1. The van der Waals surface area contributed by atoms with Crippen LogP contribution in [0, 0.1) is 10.1 Å². The molecule has 9 heteroatoms. The van der Waals surface area contributed by atoms with Crippen LogP contribution in [0.3, 0.4) is 0 Å². The lowest BCUT2D eigenvalue weighted by molar-refractivity contribution is -0.384. The van der Waals surface area contributed by atoms with Crippen LogP contribution in [0.2, 0.25) is 0 Å². The van der Waals surface area contributed by atoms with Crippen LogP contribution in [-0.2, 0) is 11.4 Å². The predicted octanol–water partition coefficient (Wildman–Crippen LogP) is 3.80. The molecule has 1 unspecified atom stereocenters. The number of amides is 2. The van der Waals surface area contributed by atoms with Gasteiger partial charge in [0.15, 0.2) is 0 Å². The van der Waals surface area contributed by atoms with Crippen LogP contribution in [-0.4, -0.2) is 30.4 Å². The Balaban J connectivity index is 1.58. The first-order valence-electron chi connectivity index (χ1n) is 10.6. The number of nitro groups is 1. The van der Waals surface area contributed by atoms with Crippen LogP contribution in [0.1, 0.15) is 33.8 Å². The Kier molecular flexibility index (Phi) is 6.44. The van der Waals surface area contributed by atoms with Crippen molar-refractivity contribution in [2.24, 2.45) is 5.73 Å². The molecule has 3 aromatic carbocycles. The quantitative estimate of drug-likeness (QED) is 0.402. The lowest BCUT2D eigenvalue weighted by Crippen LogP contribution is -2.25. The lowest BCUT2D eigenvalue weighted by Gasteiger charge is -2.19. The van der Waals surface area contributed by atoms with Crippen LogP contribution < -0.4 is 20.1 Å². The standard InChI is InChI=1S/C25H23N3O6/c1-33-21-8-9-22(23(13-21)34-15-16-4-2-7-20(10-16)28(31)32)18-12-24(29)27(14-18)19-6-3-5-17(11-19)25(26)30/h2-11,13,18H,12,14-15H2,1H3,(H2,26,30). The predicted molar refractivity (Wildman–Crippen MR) is 125 cm³/mol. The van der Waals surface area contributed by atoms with Gasteiger partial charge < -0.3 is 20.1 Å². The van der Waals surface area contributed by atoms with Gasteiger partial charge in [-0.2, -0.15) is 0 Å². The highest BCUT2D eigenvalue weighted by Crippen LogP contribution is 2.38. The zero-order valence-corrected chi connectivity index (χ0v) is 18.5. The van der Waals surface area contributed by atoms with E-state index in [1.54, 1.807) is 60.5 Å². The molecule has 2 N–H and O–H groups in total. The molecule has 1 saturated heterocycles. The molecule has 0 spiro atoms. The van der Waals surface area contributed by atoms with Crippen LogP contribution in [0.15, 0.2) is 66.7 Å². The second kappa shape index (κ2) is 9.62. The van der Waals surface area contributed by atoms with Crippen LogP contribution in [0.5, 0.6) is 11.5 Å². The number of anilines is 1. The zero-order chi connectivity index (χ0) is 24.2. The molecule has 1 aliphatic rings. The Bertz CT molecular complexity index is 1260. The third-order valence-corrected chi connectivity index (χ3v) is 5.74. The van der Waals surface area contributed by atoms with Gasteiger partial charge in [0, 0.05) is 48.3 Å². The minimum absolute atomic E-state index is 0.0119. The van der Waals surface area contributed by atoms with Crippen molar-refractivity contribution >= 4 is 23.2 Å². The van der Waals surface area contributed by atoms with E-state index in [2.05, 4.69) is 0 Å². The summed E-state index contributed by atoms with van der Waals surface area (Å²) in [5, 5.41) is 11.1. The molecule has 0 saturated carbocycles. The lowest BCUT2D eigenvalue weighted by atomic mass is 9.97. The molecular weight excluding hydrogens is 438 g/mol. The Morgan fingerprint density at radius 1 is 1.15 bits per heavy atom. The van der Waals surface area contributed by atoms with Crippen molar-refractivity contribution in [2.75, 3.05) is 18.6 Å². The molecule has 1 heterocycles. The van der Waals surface area contributed by atoms with Gasteiger partial charge in [0.1, 0.15) is 18.1 Å². The van der Waals surface area contributed by atoms with E-state index < -0.39 is 10.8 Å². The van der Waals surface area contributed by atoms with Gasteiger partial charge in [-0.3, -0.25) is 19.7 Å². The average molecular weight is 461 g/mol. The van der Waals surface area contributed by atoms with E-state index in [1.165, 1.54) is 12.1 Å². The largest absolute Gasteiger partial charge is 0.497 e. The summed E-state index contributed by atoms with van der Waals surface area (Å²) in [4.78, 5) is 36.6. The number of hydrogen-bond donors (Lipinski definition) is 1. The number of carbonyl (C=O) groups excluding carboxylic acids is 2. The third kappa shape index (κ3) is 4.83. The Hall–Kier alpha value is -4.40. The molecule has 3 aromatic rings. The van der Waals surface area contributed by atoms with Crippen LogP contribution in [0.4, 0.5) is 11.4 Å². The van der Waals surface area contributed by atoms with Gasteiger partial charge >= 0.3 is 0 Å². The second-order valence-electron chi connectivity index (χ2n) is 7.94. The first-order chi connectivity index (χ1) is 16.4. The van der Waals surface area contributed by atoms with Crippen molar-refractivity contribution in [1.82, 2.24) is 0 Å². The number of methoxy groups -OCH3 is 1. The summed E-state index contributed by atoms with van der Waals surface area (Å²) in [6, 6.07) is 18.3. The fourth-order valence-corrected chi connectivity index (χ4v) is 4.02. The summed E-state index contributed by atoms with van der Waals surface area (Å²) in [7, 11) is 1.55. The number of nitrogens with zero attached hydrogens (tertiary/aromatic N) is 2. The molecule has 1 aliphatic heterocycles. The Labute approximate surface area is 195 Å². The molecule has 0 bridgehead atoms. The van der Waals surface area contributed by atoms with Crippen molar-refractivity contribution < 1.29 is 24.0 Å². The highest BCUT2D eigenvalue weighted by atomic mass is 16.6. The van der Waals surface area contributed by atoms with Gasteiger partial charge in [0.2, 0.25) is 11.8 Å². The molecule has 0 aliphatic carbocycles. The molecule has 2 amide bonds. The van der Waals surface area contributed by atoms with Crippen molar-refractivity contribution in [2.45, 2.75) is 18.9 Å². The van der Waals surface area contributed by atoms with Crippen molar-refractivity contribution in [3.05, 3.63) is 93.5 Å². The highest BCUT2D eigenvalue weighted by molar-refractivity contribution is 5.99. The van der Waals surface area contributed by atoms with E-state index in [1.807, 2.05) is 6.07 Å². The highest BCUT2D eigenvalue weighted by Gasteiger charge is 2.33. The number of carbonyl (C=O) groups is 2. The first kappa shape index (κ1) is 22.8. The minimum atomic E-state index is -0.558. The normalized spacial score (nSPS) is 15.3. The van der Waals surface area contributed by atoms with Gasteiger partial charge in [0.25, 0.3) is 5.69 Å². The molecule has 9 nitrogen and oxygen atoms in total. The first-order valence-corrected chi connectivity index (χ1v) is 10.6. The molecule has 1 atom stereocenters. The maximum Gasteiger partial charge on any atom is 0.269 e. The van der Waals surface area contributed by atoms with E-state index in [0.717, 1.165) is 5.56 Å². The molecule has 34 heavy (non-hydrogen) atoms. The minimum Gasteiger partial charge on any atom is -0.497 e. The summed E-state index contributed by atoms with van der Waals surface area (Å²) in [6.07, 6.45) is 0.264. The topological polar surface area (TPSA) is 125 Å². The summed E-state index contributed by atoms with van der Waals surface area (Å²) >= 11 is 0. The second-order valence-corrected chi connectivity index (χ2v) is 7.94. The Morgan fingerprint density at radius 2 is 1.94 bits per heavy atom. The number of nitrogens with two attached hydrogens (primary N) is 1. The molecule has 0 radical (unpaired) electrons. The monoisotopic (exact) mass is 461 g/mol. The van der Waals surface area contributed by atoms with Gasteiger partial charge in [-0.15, -0.1) is 0 Å².